The Kier molecular flexibility index (Phi) is 25.9. The minimum absolute atomic E-state index is 0.0761. The summed E-state index contributed by atoms with van der Waals surface area (Å²) >= 11 is 0. The van der Waals surface area contributed by atoms with E-state index in [1.165, 1.54) is 0 Å². The van der Waals surface area contributed by atoms with Crippen LogP contribution in [0.25, 0.3) is 0 Å². The molecule has 20 atom stereocenters. The molecule has 15 heteroatoms. The van der Waals surface area contributed by atoms with Gasteiger partial charge in [-0.2, -0.15) is 0 Å². The number of hydrogen-bond acceptors (Lipinski definition) is 10. The molecule has 0 aromatic rings. The van der Waals surface area contributed by atoms with Crippen molar-refractivity contribution < 1.29 is 51.1 Å². The van der Waals surface area contributed by atoms with Crippen LogP contribution in [-0.2, 0) is 0 Å². The van der Waals surface area contributed by atoms with Gasteiger partial charge in [0, 0.05) is 66.1 Å². The Labute approximate surface area is 340 Å². The average Bonchev–Trinajstić information content (AvgIpc) is 3.90. The van der Waals surface area contributed by atoms with Crippen LogP contribution >= 0.6 is 0 Å². The second-order valence-corrected chi connectivity index (χ2v) is 17.7. The summed E-state index contributed by atoms with van der Waals surface area (Å²) in [4.78, 5) is 0. The summed E-state index contributed by atoms with van der Waals surface area (Å²) in [5, 5.41) is 89.4. The molecule has 10 N–H and O–H groups in total. The normalized spacial score (nSPS) is 44.6. The summed E-state index contributed by atoms with van der Waals surface area (Å²) in [6.45, 7) is 12.0. The van der Waals surface area contributed by atoms with Crippen molar-refractivity contribution in [3.05, 3.63) is 0 Å². The van der Waals surface area contributed by atoms with Gasteiger partial charge in [0.2, 0.25) is 0 Å². The Bertz CT molecular complexity index is 820. The Morgan fingerprint density at radius 3 is 0.455 bits per heavy atom. The van der Waals surface area contributed by atoms with Crippen LogP contribution in [-0.4, -0.2) is 156 Å². The Hall–Kier alpha value is -0.0753. The van der Waals surface area contributed by atoms with Crippen molar-refractivity contribution in [1.29, 1.82) is 0 Å². The van der Waals surface area contributed by atoms with Gasteiger partial charge >= 0.3 is 0 Å². The lowest BCUT2D eigenvalue weighted by Gasteiger charge is -2.18. The van der Waals surface area contributed by atoms with Gasteiger partial charge in [-0.05, 0) is 88.8 Å². The third-order valence-corrected chi connectivity index (χ3v) is 14.9. The second-order valence-electron chi connectivity index (χ2n) is 17.7. The smallest absolute Gasteiger partial charge is 0.0704 e. The molecule has 5 saturated carbocycles. The van der Waals surface area contributed by atoms with Crippen molar-refractivity contribution in [3.8, 4) is 0 Å². The fourth-order valence-corrected chi connectivity index (χ4v) is 10.1. The number of aliphatic hydroxyl groups excluding tert-OH is 10. The van der Waals surface area contributed by atoms with Crippen molar-refractivity contribution in [1.82, 2.24) is 0 Å². The lowest BCUT2D eigenvalue weighted by atomic mass is 9.77. The first-order chi connectivity index (χ1) is 26.0. The summed E-state index contributed by atoms with van der Waals surface area (Å²) in [5.74, 6) is 4.59. The molecule has 0 saturated heterocycles. The second kappa shape index (κ2) is 26.9. The molecule has 0 amide bonds. The van der Waals surface area contributed by atoms with Crippen LogP contribution < -0.4 is 0 Å². The monoisotopic (exact) mass is 771 g/mol. The minimum Gasteiger partial charge on any atom is -0.396 e. The van der Waals surface area contributed by atoms with Gasteiger partial charge in [-0.1, -0.05) is 95.8 Å². The van der Waals surface area contributed by atoms with Crippen LogP contribution in [0.1, 0.15) is 66.7 Å². The molecule has 5 rings (SSSR count). The van der Waals surface area contributed by atoms with Crippen molar-refractivity contribution in [2.75, 3.05) is 66.1 Å². The zero-order valence-corrected chi connectivity index (χ0v) is 34.5. The largest absolute Gasteiger partial charge is 0.396 e. The Balaban J connectivity index is 0.000000344. The predicted molar refractivity (Wildman–Crippen MR) is 222 cm³/mol. The van der Waals surface area contributed by atoms with Gasteiger partial charge in [-0.15, -0.1) is 0 Å². The van der Waals surface area contributed by atoms with Gasteiger partial charge in [-0.25, -0.2) is 0 Å². The maximum atomic E-state index is 8.96. The lowest BCUT2D eigenvalue weighted by Crippen LogP contribution is -2.18. The van der Waals surface area contributed by atoms with Gasteiger partial charge in [0.15, 0.2) is 0 Å². The summed E-state index contributed by atoms with van der Waals surface area (Å²) in [5.41, 5.74) is 0. The third kappa shape index (κ3) is 14.6. The van der Waals surface area contributed by atoms with Crippen molar-refractivity contribution in [2.45, 2.75) is 95.8 Å². The van der Waals surface area contributed by atoms with E-state index in [9.17, 15) is 0 Å². The number of rotatable bonds is 10. The SMILES string of the molecule is [B]C1CC(CO)C(C)[C@@H]1CO.[B]C1CC(CO)C(C)[C@H]1CO.[B][C@@H]1C[C@@H](CO)C(C)C1CO.[B][C@@H]1C[C@H](CO)C(C)C1CO.[B][C@H]1C[C@@H](CO)C(C)C1CO. The van der Waals surface area contributed by atoms with Crippen LogP contribution in [0.5, 0.6) is 0 Å². The molecule has 0 bridgehead atoms. The van der Waals surface area contributed by atoms with Gasteiger partial charge in [0.25, 0.3) is 0 Å². The van der Waals surface area contributed by atoms with Crippen LogP contribution in [0.3, 0.4) is 0 Å². The molecule has 0 spiro atoms. The van der Waals surface area contributed by atoms with Gasteiger partial charge in [0.1, 0.15) is 0 Å². The van der Waals surface area contributed by atoms with Crippen molar-refractivity contribution >= 4 is 39.2 Å². The van der Waals surface area contributed by atoms with Gasteiger partial charge in [0.05, 0.1) is 39.2 Å². The molecule has 0 aliphatic heterocycles. The highest BCUT2D eigenvalue weighted by Crippen LogP contribution is 2.46. The highest BCUT2D eigenvalue weighted by atomic mass is 16.3. The molecule has 0 heterocycles. The topological polar surface area (TPSA) is 202 Å². The molecule has 5 aliphatic carbocycles. The molecular weight excluding hydrogens is 694 g/mol. The molecule has 10 radical (unpaired) electrons. The fraction of sp³-hybridized carbons (Fsp3) is 1.00. The summed E-state index contributed by atoms with van der Waals surface area (Å²) in [6, 6.07) is 0. The zero-order chi connectivity index (χ0) is 42.2. The van der Waals surface area contributed by atoms with Crippen LogP contribution in [0, 0.1) is 88.8 Å². The minimum atomic E-state index is 0.0761. The average molecular weight is 770 g/mol. The molecule has 310 valence electrons. The van der Waals surface area contributed by atoms with E-state index >= 15 is 0 Å². The van der Waals surface area contributed by atoms with E-state index in [-0.39, 0.29) is 125 Å². The van der Waals surface area contributed by atoms with E-state index in [1.54, 1.807) is 0 Å². The molecule has 5 fully saturated rings. The number of aliphatic hydroxyl groups is 10. The van der Waals surface area contributed by atoms with Crippen LogP contribution in [0.2, 0.25) is 29.1 Å². The third-order valence-electron chi connectivity index (χ3n) is 14.9. The van der Waals surface area contributed by atoms with Crippen LogP contribution in [0.15, 0.2) is 0 Å². The van der Waals surface area contributed by atoms with E-state index in [2.05, 4.69) is 34.6 Å². The van der Waals surface area contributed by atoms with E-state index in [0.29, 0.717) is 59.2 Å². The molecule has 12 unspecified atom stereocenters. The van der Waals surface area contributed by atoms with E-state index in [0.717, 1.165) is 32.1 Å². The highest BCUT2D eigenvalue weighted by Gasteiger charge is 2.40. The molecule has 10 nitrogen and oxygen atoms in total. The predicted octanol–water partition coefficient (Wildman–Crippen LogP) is 1.00. The van der Waals surface area contributed by atoms with Gasteiger partial charge < -0.3 is 51.1 Å². The van der Waals surface area contributed by atoms with E-state index in [1.807, 2.05) is 0 Å². The standard InChI is InChI=1S/5C8H15BO2/c5*1-5-6(3-10)2-8(9)7(5)4-11/h5*5-8,10-11H,2-4H2,1H3/t2*5?,6?,7-,8?;5?,6-,7?,8+;2*5?,6-,7?,8-/m10010/s1. The molecule has 55 heavy (non-hydrogen) atoms. The molecule has 0 aromatic heterocycles. The quantitative estimate of drug-likeness (QED) is 0.143. The molecular formula is C40H75B5O10. The Morgan fingerprint density at radius 2 is 0.400 bits per heavy atom. The van der Waals surface area contributed by atoms with Crippen molar-refractivity contribution in [3.63, 3.8) is 0 Å². The Morgan fingerprint density at radius 1 is 0.273 bits per heavy atom. The zero-order valence-electron chi connectivity index (χ0n) is 34.5. The molecule has 5 aliphatic rings. The fourth-order valence-electron chi connectivity index (χ4n) is 10.1. The number of hydrogen-bond donors (Lipinski definition) is 10. The van der Waals surface area contributed by atoms with E-state index in [4.69, 9.17) is 90.3 Å². The van der Waals surface area contributed by atoms with E-state index < -0.39 is 0 Å². The maximum absolute atomic E-state index is 8.96. The first kappa shape index (κ1) is 52.9. The summed E-state index contributed by atoms with van der Waals surface area (Å²) in [6.07, 6.45) is 4.25. The maximum Gasteiger partial charge on any atom is 0.0704 e. The lowest BCUT2D eigenvalue weighted by molar-refractivity contribution is 0.154. The summed E-state index contributed by atoms with van der Waals surface area (Å²) in [7, 11) is 28.9. The van der Waals surface area contributed by atoms with Crippen molar-refractivity contribution in [2.24, 2.45) is 88.8 Å². The first-order valence-electron chi connectivity index (χ1n) is 20.9. The van der Waals surface area contributed by atoms with Gasteiger partial charge in [-0.3, -0.25) is 0 Å². The highest BCUT2D eigenvalue weighted by molar-refractivity contribution is 6.13. The molecule has 0 aromatic carbocycles. The summed E-state index contributed by atoms with van der Waals surface area (Å²) < 4.78 is 0. The first-order valence-corrected chi connectivity index (χ1v) is 20.9. The van der Waals surface area contributed by atoms with Crippen LogP contribution in [0.4, 0.5) is 0 Å².